The first kappa shape index (κ1) is 19.9. The third-order valence-corrected chi connectivity index (χ3v) is 4.72. The lowest BCUT2D eigenvalue weighted by Gasteiger charge is -2.37. The average molecular weight is 399 g/mol. The number of likely N-dealkylation sites (tertiary alicyclic amines) is 1. The van der Waals surface area contributed by atoms with E-state index in [2.05, 4.69) is 10.1 Å². The molecule has 1 aliphatic rings. The molecule has 11 heteroatoms. The van der Waals surface area contributed by atoms with Gasteiger partial charge in [0.15, 0.2) is 0 Å². The molecular formula is C17H20F3N5O3. The number of ether oxygens (including phenoxy) is 1. The molecule has 2 unspecified atom stereocenters. The van der Waals surface area contributed by atoms with E-state index in [1.165, 1.54) is 17.3 Å². The third-order valence-electron chi connectivity index (χ3n) is 4.72. The van der Waals surface area contributed by atoms with Crippen molar-refractivity contribution < 1.29 is 27.5 Å². The van der Waals surface area contributed by atoms with Gasteiger partial charge in [-0.25, -0.2) is 4.98 Å². The fourth-order valence-corrected chi connectivity index (χ4v) is 3.39. The first-order chi connectivity index (χ1) is 13.2. The summed E-state index contributed by atoms with van der Waals surface area (Å²) in [5.41, 5.74) is 0.693. The van der Waals surface area contributed by atoms with Crippen molar-refractivity contribution in [3.8, 4) is 0 Å². The molecule has 0 aliphatic carbocycles. The molecule has 0 spiro atoms. The number of piperidine rings is 1. The van der Waals surface area contributed by atoms with E-state index in [9.17, 15) is 22.8 Å². The maximum atomic E-state index is 12.7. The molecule has 2 atom stereocenters. The first-order valence-electron chi connectivity index (χ1n) is 8.63. The maximum absolute atomic E-state index is 12.7. The molecule has 152 valence electrons. The molecule has 0 saturated carbocycles. The van der Waals surface area contributed by atoms with Gasteiger partial charge in [-0.2, -0.15) is 18.3 Å². The Morgan fingerprint density at radius 3 is 2.75 bits per heavy atom. The minimum Gasteiger partial charge on any atom is -0.457 e. The van der Waals surface area contributed by atoms with E-state index in [-0.39, 0.29) is 24.8 Å². The SMILES string of the molecule is CN1C(=O)CCC(C(=O)OCc2nccn2CC(F)(F)F)C1c1cnn(C)c1. The second-order valence-corrected chi connectivity index (χ2v) is 6.74. The molecule has 3 heterocycles. The number of amides is 1. The second-order valence-electron chi connectivity index (χ2n) is 6.74. The number of aromatic nitrogens is 4. The number of rotatable bonds is 5. The Kier molecular flexibility index (Phi) is 5.43. The highest BCUT2D eigenvalue weighted by Crippen LogP contribution is 2.36. The molecule has 0 radical (unpaired) electrons. The van der Waals surface area contributed by atoms with Crippen LogP contribution >= 0.6 is 0 Å². The molecular weight excluding hydrogens is 379 g/mol. The van der Waals surface area contributed by atoms with Gasteiger partial charge in [-0.15, -0.1) is 0 Å². The van der Waals surface area contributed by atoms with Crippen molar-refractivity contribution in [3.05, 3.63) is 36.2 Å². The van der Waals surface area contributed by atoms with Crippen LogP contribution in [0.2, 0.25) is 0 Å². The topological polar surface area (TPSA) is 82.2 Å². The van der Waals surface area contributed by atoms with Crippen LogP contribution < -0.4 is 0 Å². The van der Waals surface area contributed by atoms with Crippen molar-refractivity contribution >= 4 is 11.9 Å². The van der Waals surface area contributed by atoms with Crippen LogP contribution in [0, 0.1) is 5.92 Å². The Hall–Kier alpha value is -2.85. The van der Waals surface area contributed by atoms with E-state index in [0.717, 1.165) is 4.57 Å². The lowest BCUT2D eigenvalue weighted by atomic mass is 9.86. The van der Waals surface area contributed by atoms with Crippen LogP contribution in [0.4, 0.5) is 13.2 Å². The van der Waals surface area contributed by atoms with Gasteiger partial charge in [0.2, 0.25) is 5.91 Å². The fraction of sp³-hybridized carbons (Fsp3) is 0.529. The monoisotopic (exact) mass is 399 g/mol. The molecule has 0 N–H and O–H groups in total. The van der Waals surface area contributed by atoms with Gasteiger partial charge in [-0.1, -0.05) is 0 Å². The Morgan fingerprint density at radius 1 is 1.36 bits per heavy atom. The van der Waals surface area contributed by atoms with Crippen LogP contribution in [0.3, 0.4) is 0 Å². The van der Waals surface area contributed by atoms with Gasteiger partial charge in [-0.05, 0) is 6.42 Å². The van der Waals surface area contributed by atoms with Crippen molar-refractivity contribution in [2.45, 2.75) is 38.2 Å². The summed E-state index contributed by atoms with van der Waals surface area (Å²) in [6.07, 6.45) is 1.78. The molecule has 1 fully saturated rings. The molecule has 2 aromatic rings. The number of esters is 1. The van der Waals surface area contributed by atoms with Crippen molar-refractivity contribution in [2.24, 2.45) is 13.0 Å². The summed E-state index contributed by atoms with van der Waals surface area (Å²) in [4.78, 5) is 30.1. The summed E-state index contributed by atoms with van der Waals surface area (Å²) >= 11 is 0. The predicted molar refractivity (Wildman–Crippen MR) is 89.5 cm³/mol. The number of imidazole rings is 1. The standard InChI is InChI=1S/C17H20F3N5O3/c1-23-8-11(7-22-23)15-12(3-4-14(26)24(15)2)16(27)28-9-13-21-5-6-25(13)10-17(18,19)20/h5-8,12,15H,3-4,9-10H2,1-2H3. The van der Waals surface area contributed by atoms with E-state index in [4.69, 9.17) is 4.74 Å². The van der Waals surface area contributed by atoms with Gasteiger partial charge in [-0.3, -0.25) is 14.3 Å². The minimum absolute atomic E-state index is 0.00356. The number of hydrogen-bond acceptors (Lipinski definition) is 5. The minimum atomic E-state index is -4.41. The normalized spacial score (nSPS) is 20.5. The van der Waals surface area contributed by atoms with E-state index >= 15 is 0 Å². The summed E-state index contributed by atoms with van der Waals surface area (Å²) in [5, 5.41) is 4.08. The molecule has 1 aliphatic heterocycles. The molecule has 28 heavy (non-hydrogen) atoms. The highest BCUT2D eigenvalue weighted by molar-refractivity contribution is 5.82. The largest absolute Gasteiger partial charge is 0.457 e. The zero-order valence-electron chi connectivity index (χ0n) is 15.4. The number of aryl methyl sites for hydroxylation is 1. The zero-order chi connectivity index (χ0) is 20.5. The fourth-order valence-electron chi connectivity index (χ4n) is 3.39. The molecule has 3 rings (SSSR count). The quantitative estimate of drug-likeness (QED) is 0.717. The molecule has 8 nitrogen and oxygen atoms in total. The molecule has 1 amide bonds. The van der Waals surface area contributed by atoms with Gasteiger partial charge < -0.3 is 14.2 Å². The van der Waals surface area contributed by atoms with Crippen LogP contribution in [-0.2, 0) is 34.5 Å². The summed E-state index contributed by atoms with van der Waals surface area (Å²) in [6.45, 7) is -1.59. The van der Waals surface area contributed by atoms with Crippen LogP contribution in [0.25, 0.3) is 0 Å². The lowest BCUT2D eigenvalue weighted by molar-refractivity contribution is -0.157. The van der Waals surface area contributed by atoms with Crippen molar-refractivity contribution in [1.82, 2.24) is 24.2 Å². The first-order valence-corrected chi connectivity index (χ1v) is 8.63. The zero-order valence-corrected chi connectivity index (χ0v) is 15.4. The molecule has 1 saturated heterocycles. The van der Waals surface area contributed by atoms with Gasteiger partial charge >= 0.3 is 12.1 Å². The summed E-state index contributed by atoms with van der Waals surface area (Å²) < 4.78 is 45.6. The van der Waals surface area contributed by atoms with Gasteiger partial charge in [0.1, 0.15) is 19.0 Å². The predicted octanol–water partition coefficient (Wildman–Crippen LogP) is 1.83. The molecule has 0 aromatic carbocycles. The second kappa shape index (κ2) is 7.64. The Morgan fingerprint density at radius 2 is 2.11 bits per heavy atom. The number of carbonyl (C=O) groups excluding carboxylic acids is 2. The molecule has 0 bridgehead atoms. The Balaban J connectivity index is 1.72. The average Bonchev–Trinajstić information content (AvgIpc) is 3.22. The molecule has 2 aromatic heterocycles. The lowest BCUT2D eigenvalue weighted by Crippen LogP contribution is -2.43. The summed E-state index contributed by atoms with van der Waals surface area (Å²) in [7, 11) is 3.33. The van der Waals surface area contributed by atoms with E-state index < -0.39 is 30.7 Å². The van der Waals surface area contributed by atoms with Gasteiger partial charge in [0.25, 0.3) is 0 Å². The number of hydrogen-bond donors (Lipinski definition) is 0. The Bertz CT molecular complexity index is 860. The third kappa shape index (κ3) is 4.34. The van der Waals surface area contributed by atoms with Crippen LogP contribution in [0.5, 0.6) is 0 Å². The Labute approximate surface area is 158 Å². The summed E-state index contributed by atoms with van der Waals surface area (Å²) in [5.74, 6) is -1.32. The van der Waals surface area contributed by atoms with E-state index in [0.29, 0.717) is 12.0 Å². The van der Waals surface area contributed by atoms with Crippen molar-refractivity contribution in [1.29, 1.82) is 0 Å². The highest BCUT2D eigenvalue weighted by Gasteiger charge is 2.40. The van der Waals surface area contributed by atoms with Crippen molar-refractivity contribution in [2.75, 3.05) is 7.05 Å². The van der Waals surface area contributed by atoms with E-state index in [1.54, 1.807) is 31.2 Å². The smallest absolute Gasteiger partial charge is 0.406 e. The number of nitrogens with zero attached hydrogens (tertiary/aromatic N) is 5. The highest BCUT2D eigenvalue weighted by atomic mass is 19.4. The number of carbonyl (C=O) groups is 2. The van der Waals surface area contributed by atoms with Gasteiger partial charge in [0, 0.05) is 44.7 Å². The number of alkyl halides is 3. The van der Waals surface area contributed by atoms with Crippen LogP contribution in [0.1, 0.15) is 30.3 Å². The summed E-state index contributed by atoms with van der Waals surface area (Å²) in [6, 6.07) is -0.544. The number of halogens is 3. The van der Waals surface area contributed by atoms with Crippen molar-refractivity contribution in [3.63, 3.8) is 0 Å². The van der Waals surface area contributed by atoms with Crippen LogP contribution in [0.15, 0.2) is 24.8 Å². The maximum Gasteiger partial charge on any atom is 0.406 e. The van der Waals surface area contributed by atoms with Crippen LogP contribution in [-0.4, -0.2) is 49.3 Å². The van der Waals surface area contributed by atoms with E-state index in [1.807, 2.05) is 0 Å². The van der Waals surface area contributed by atoms with Gasteiger partial charge in [0.05, 0.1) is 18.2 Å².